The van der Waals surface area contributed by atoms with Crippen molar-refractivity contribution >= 4 is 6.03 Å². The zero-order chi connectivity index (χ0) is 13.2. The van der Waals surface area contributed by atoms with E-state index in [1.54, 1.807) is 0 Å². The Morgan fingerprint density at radius 3 is 2.39 bits per heavy atom. The first-order valence-electron chi connectivity index (χ1n) is 7.32. The van der Waals surface area contributed by atoms with Crippen molar-refractivity contribution in [3.05, 3.63) is 0 Å². The van der Waals surface area contributed by atoms with Gasteiger partial charge in [-0.3, -0.25) is 0 Å². The van der Waals surface area contributed by atoms with Gasteiger partial charge in [0, 0.05) is 26.7 Å². The van der Waals surface area contributed by atoms with E-state index in [1.807, 2.05) is 16.8 Å². The van der Waals surface area contributed by atoms with Crippen LogP contribution < -0.4 is 5.73 Å². The van der Waals surface area contributed by atoms with Crippen LogP contribution in [0.5, 0.6) is 0 Å². The van der Waals surface area contributed by atoms with Crippen LogP contribution in [0.15, 0.2) is 0 Å². The summed E-state index contributed by atoms with van der Waals surface area (Å²) in [6.45, 7) is 4.68. The maximum atomic E-state index is 12.6. The minimum Gasteiger partial charge on any atom is -0.328 e. The molecule has 0 aromatic carbocycles. The molecule has 2 amide bonds. The lowest BCUT2D eigenvalue weighted by atomic mass is 9.95. The largest absolute Gasteiger partial charge is 0.328 e. The average Bonchev–Trinajstić information content (AvgIpc) is 2.88. The van der Waals surface area contributed by atoms with Crippen molar-refractivity contribution in [2.45, 2.75) is 51.0 Å². The minimum absolute atomic E-state index is 0.0693. The molecule has 18 heavy (non-hydrogen) atoms. The molecule has 1 saturated carbocycles. The number of urea groups is 1. The highest BCUT2D eigenvalue weighted by Gasteiger charge is 2.40. The standard InChI is InChI=1S/C14H27N3O/c1-12-5-9-17(10-6-12)13(18)16(2)14(11-15)7-3-4-8-14/h12H,3-11,15H2,1-2H3. The highest BCUT2D eigenvalue weighted by atomic mass is 16.2. The average molecular weight is 253 g/mol. The Morgan fingerprint density at radius 2 is 1.89 bits per heavy atom. The van der Waals surface area contributed by atoms with E-state index in [-0.39, 0.29) is 11.6 Å². The molecular weight excluding hydrogens is 226 g/mol. The second-order valence-electron chi connectivity index (χ2n) is 6.15. The summed E-state index contributed by atoms with van der Waals surface area (Å²) in [4.78, 5) is 16.5. The molecular formula is C14H27N3O. The summed E-state index contributed by atoms with van der Waals surface area (Å²) < 4.78 is 0. The van der Waals surface area contributed by atoms with E-state index < -0.39 is 0 Å². The molecule has 0 aromatic rings. The van der Waals surface area contributed by atoms with E-state index in [4.69, 9.17) is 5.73 Å². The molecule has 4 heteroatoms. The number of rotatable bonds is 2. The number of piperidine rings is 1. The summed E-state index contributed by atoms with van der Waals surface area (Å²) >= 11 is 0. The first kappa shape index (κ1) is 13.7. The fourth-order valence-corrected chi connectivity index (χ4v) is 3.32. The van der Waals surface area contributed by atoms with Gasteiger partial charge in [-0.1, -0.05) is 19.8 Å². The van der Waals surface area contributed by atoms with Crippen LogP contribution in [0.2, 0.25) is 0 Å². The van der Waals surface area contributed by atoms with Crippen molar-refractivity contribution in [3.63, 3.8) is 0 Å². The number of hydrogen-bond donors (Lipinski definition) is 1. The molecule has 1 aliphatic carbocycles. The van der Waals surface area contributed by atoms with Gasteiger partial charge in [0.25, 0.3) is 0 Å². The Bertz CT molecular complexity index is 291. The lowest BCUT2D eigenvalue weighted by Crippen LogP contribution is -2.57. The molecule has 2 fully saturated rings. The zero-order valence-electron chi connectivity index (χ0n) is 11.8. The van der Waals surface area contributed by atoms with Crippen molar-refractivity contribution in [3.8, 4) is 0 Å². The number of carbonyl (C=O) groups excluding carboxylic acids is 1. The molecule has 1 saturated heterocycles. The molecule has 0 radical (unpaired) electrons. The highest BCUT2D eigenvalue weighted by molar-refractivity contribution is 5.75. The third-order valence-corrected chi connectivity index (χ3v) is 4.97. The number of nitrogens with zero attached hydrogens (tertiary/aromatic N) is 2. The van der Waals surface area contributed by atoms with Crippen LogP contribution in [0.4, 0.5) is 4.79 Å². The molecule has 0 bridgehead atoms. The van der Waals surface area contributed by atoms with E-state index in [0.29, 0.717) is 6.54 Å². The van der Waals surface area contributed by atoms with Crippen molar-refractivity contribution < 1.29 is 4.79 Å². The van der Waals surface area contributed by atoms with Crippen LogP contribution in [0, 0.1) is 5.92 Å². The third-order valence-electron chi connectivity index (χ3n) is 4.97. The predicted molar refractivity (Wildman–Crippen MR) is 73.4 cm³/mol. The van der Waals surface area contributed by atoms with Crippen LogP contribution in [0.1, 0.15) is 45.4 Å². The maximum absolute atomic E-state index is 12.6. The molecule has 2 rings (SSSR count). The molecule has 104 valence electrons. The van der Waals surface area contributed by atoms with Gasteiger partial charge in [0.1, 0.15) is 0 Å². The third kappa shape index (κ3) is 2.48. The number of amides is 2. The minimum atomic E-state index is -0.0693. The lowest BCUT2D eigenvalue weighted by Gasteiger charge is -2.42. The Balaban J connectivity index is 1.99. The van der Waals surface area contributed by atoms with Crippen LogP contribution in [-0.4, -0.2) is 48.1 Å². The quantitative estimate of drug-likeness (QED) is 0.818. The zero-order valence-corrected chi connectivity index (χ0v) is 11.8. The van der Waals surface area contributed by atoms with Crippen LogP contribution in [0.3, 0.4) is 0 Å². The SMILES string of the molecule is CC1CCN(C(=O)N(C)C2(CN)CCCC2)CC1. The molecule has 4 nitrogen and oxygen atoms in total. The first-order valence-corrected chi connectivity index (χ1v) is 7.32. The lowest BCUT2D eigenvalue weighted by molar-refractivity contribution is 0.0965. The number of likely N-dealkylation sites (N-methyl/N-ethyl adjacent to an activating group) is 1. The predicted octanol–water partition coefficient (Wildman–Crippen LogP) is 2.04. The molecule has 2 aliphatic rings. The van der Waals surface area contributed by atoms with Crippen LogP contribution in [-0.2, 0) is 0 Å². The van der Waals surface area contributed by atoms with Gasteiger partial charge in [-0.25, -0.2) is 4.79 Å². The Morgan fingerprint density at radius 1 is 1.33 bits per heavy atom. The van der Waals surface area contributed by atoms with Gasteiger partial charge in [-0.15, -0.1) is 0 Å². The Hall–Kier alpha value is -0.770. The normalized spacial score (nSPS) is 24.3. The Labute approximate surface area is 110 Å². The molecule has 0 atom stereocenters. The molecule has 1 aliphatic heterocycles. The summed E-state index contributed by atoms with van der Waals surface area (Å²) in [7, 11) is 1.94. The molecule has 1 heterocycles. The van der Waals surface area contributed by atoms with E-state index >= 15 is 0 Å². The van der Waals surface area contributed by atoms with Gasteiger partial charge in [0.2, 0.25) is 0 Å². The van der Waals surface area contributed by atoms with Crippen molar-refractivity contribution in [2.24, 2.45) is 11.7 Å². The smallest absolute Gasteiger partial charge is 0.320 e. The summed E-state index contributed by atoms with van der Waals surface area (Å²) in [5.41, 5.74) is 5.88. The van der Waals surface area contributed by atoms with Gasteiger partial charge in [0.15, 0.2) is 0 Å². The van der Waals surface area contributed by atoms with Crippen molar-refractivity contribution in [1.29, 1.82) is 0 Å². The highest BCUT2D eigenvalue weighted by Crippen LogP contribution is 2.34. The molecule has 0 spiro atoms. The summed E-state index contributed by atoms with van der Waals surface area (Å²) in [6.07, 6.45) is 6.80. The fourth-order valence-electron chi connectivity index (χ4n) is 3.32. The van der Waals surface area contributed by atoms with Gasteiger partial charge >= 0.3 is 6.03 Å². The Kier molecular flexibility index (Phi) is 4.15. The number of nitrogens with two attached hydrogens (primary N) is 1. The monoisotopic (exact) mass is 253 g/mol. The topological polar surface area (TPSA) is 49.6 Å². The molecule has 0 aromatic heterocycles. The van der Waals surface area contributed by atoms with Crippen LogP contribution in [0.25, 0.3) is 0 Å². The van der Waals surface area contributed by atoms with Gasteiger partial charge in [0.05, 0.1) is 5.54 Å². The number of hydrogen-bond acceptors (Lipinski definition) is 2. The second-order valence-corrected chi connectivity index (χ2v) is 6.15. The van der Waals surface area contributed by atoms with E-state index in [1.165, 1.54) is 12.8 Å². The number of carbonyl (C=O) groups is 1. The van der Waals surface area contributed by atoms with Gasteiger partial charge < -0.3 is 15.5 Å². The maximum Gasteiger partial charge on any atom is 0.320 e. The second kappa shape index (κ2) is 5.47. The van der Waals surface area contributed by atoms with E-state index in [0.717, 1.165) is 44.7 Å². The van der Waals surface area contributed by atoms with E-state index in [2.05, 4.69) is 6.92 Å². The van der Waals surface area contributed by atoms with Gasteiger partial charge in [-0.05, 0) is 31.6 Å². The van der Waals surface area contributed by atoms with E-state index in [9.17, 15) is 4.79 Å². The molecule has 0 unspecified atom stereocenters. The van der Waals surface area contributed by atoms with Crippen molar-refractivity contribution in [1.82, 2.24) is 9.80 Å². The number of likely N-dealkylation sites (tertiary alicyclic amines) is 1. The van der Waals surface area contributed by atoms with Crippen molar-refractivity contribution in [2.75, 3.05) is 26.7 Å². The summed E-state index contributed by atoms with van der Waals surface area (Å²) in [6, 6.07) is 0.189. The fraction of sp³-hybridized carbons (Fsp3) is 0.929. The first-order chi connectivity index (χ1) is 8.59. The van der Waals surface area contributed by atoms with Crippen LogP contribution >= 0.6 is 0 Å². The summed E-state index contributed by atoms with van der Waals surface area (Å²) in [5.74, 6) is 0.759. The van der Waals surface area contributed by atoms with Gasteiger partial charge in [-0.2, -0.15) is 0 Å². The molecule has 2 N–H and O–H groups in total. The summed E-state index contributed by atoms with van der Waals surface area (Å²) in [5, 5.41) is 0.